The number of benzene rings is 2. The van der Waals surface area contributed by atoms with Crippen LogP contribution in [0.15, 0.2) is 65.6 Å². The van der Waals surface area contributed by atoms with Gasteiger partial charge in [-0.2, -0.15) is 5.10 Å². The van der Waals surface area contributed by atoms with Crippen LogP contribution >= 0.6 is 0 Å². The molecule has 132 valence electrons. The van der Waals surface area contributed by atoms with Gasteiger partial charge in [0.2, 0.25) is 5.91 Å². The maximum atomic E-state index is 12.4. The predicted octanol–water partition coefficient (Wildman–Crippen LogP) is 1.21. The van der Waals surface area contributed by atoms with E-state index in [1.165, 1.54) is 6.20 Å². The predicted molar refractivity (Wildman–Crippen MR) is 95.7 cm³/mol. The van der Waals surface area contributed by atoms with Crippen LogP contribution in [0.25, 0.3) is 10.8 Å². The van der Waals surface area contributed by atoms with E-state index in [0.717, 1.165) is 10.2 Å². The van der Waals surface area contributed by atoms with Crippen LogP contribution in [-0.2, 0) is 22.6 Å². The van der Waals surface area contributed by atoms with Gasteiger partial charge in [-0.3, -0.25) is 9.59 Å². The van der Waals surface area contributed by atoms with Crippen molar-refractivity contribution < 1.29 is 14.7 Å². The quantitative estimate of drug-likeness (QED) is 0.695. The molecule has 0 spiro atoms. The number of fused-ring (bicyclic) bond motifs is 1. The second-order valence-electron chi connectivity index (χ2n) is 5.84. The van der Waals surface area contributed by atoms with Crippen molar-refractivity contribution in [3.63, 3.8) is 0 Å². The van der Waals surface area contributed by atoms with Gasteiger partial charge in [0, 0.05) is 11.8 Å². The molecular formula is C19H17N3O4. The van der Waals surface area contributed by atoms with Crippen LogP contribution < -0.4 is 10.9 Å². The minimum atomic E-state index is -1.14. The summed E-state index contributed by atoms with van der Waals surface area (Å²) in [7, 11) is 0. The van der Waals surface area contributed by atoms with E-state index in [1.807, 2.05) is 6.07 Å². The molecule has 1 amide bonds. The molecule has 1 heterocycles. The molecule has 0 fully saturated rings. The highest BCUT2D eigenvalue weighted by Crippen LogP contribution is 2.06. The fraction of sp³-hybridized carbons (Fsp3) is 0.158. The molecular weight excluding hydrogens is 334 g/mol. The Morgan fingerprint density at radius 3 is 2.50 bits per heavy atom. The van der Waals surface area contributed by atoms with Crippen LogP contribution in [0.4, 0.5) is 0 Å². The summed E-state index contributed by atoms with van der Waals surface area (Å²) in [4.78, 5) is 36.0. The zero-order chi connectivity index (χ0) is 18.5. The molecule has 0 aliphatic rings. The van der Waals surface area contributed by atoms with Crippen molar-refractivity contribution in [2.24, 2.45) is 0 Å². The van der Waals surface area contributed by atoms with Crippen molar-refractivity contribution in [1.82, 2.24) is 15.1 Å². The normalized spacial score (nSPS) is 11.8. The Morgan fingerprint density at radius 2 is 1.77 bits per heavy atom. The third kappa shape index (κ3) is 3.94. The molecule has 3 rings (SSSR count). The second-order valence-corrected chi connectivity index (χ2v) is 5.84. The largest absolute Gasteiger partial charge is 0.480 e. The molecule has 0 radical (unpaired) electrons. The van der Waals surface area contributed by atoms with Crippen molar-refractivity contribution in [3.8, 4) is 0 Å². The lowest BCUT2D eigenvalue weighted by Crippen LogP contribution is -2.44. The lowest BCUT2D eigenvalue weighted by atomic mass is 10.1. The molecule has 0 aliphatic heterocycles. The Kier molecular flexibility index (Phi) is 5.07. The summed E-state index contributed by atoms with van der Waals surface area (Å²) in [5, 5.41) is 16.9. The molecule has 7 heteroatoms. The maximum absolute atomic E-state index is 12.4. The molecule has 3 aromatic rings. The highest BCUT2D eigenvalue weighted by Gasteiger charge is 2.21. The molecule has 0 bridgehead atoms. The van der Waals surface area contributed by atoms with Gasteiger partial charge < -0.3 is 10.4 Å². The van der Waals surface area contributed by atoms with Gasteiger partial charge in [0.25, 0.3) is 5.56 Å². The number of hydrogen-bond donors (Lipinski definition) is 2. The smallest absolute Gasteiger partial charge is 0.326 e. The molecule has 0 saturated carbocycles. The van der Waals surface area contributed by atoms with Crippen molar-refractivity contribution in [3.05, 3.63) is 76.7 Å². The number of aromatic nitrogens is 2. The van der Waals surface area contributed by atoms with E-state index in [9.17, 15) is 19.5 Å². The number of carbonyl (C=O) groups is 2. The number of rotatable bonds is 6. The van der Waals surface area contributed by atoms with Gasteiger partial charge in [-0.1, -0.05) is 48.5 Å². The average Bonchev–Trinajstić information content (AvgIpc) is 2.64. The fourth-order valence-corrected chi connectivity index (χ4v) is 2.67. The van der Waals surface area contributed by atoms with Crippen molar-refractivity contribution in [1.29, 1.82) is 0 Å². The minimum Gasteiger partial charge on any atom is -0.480 e. The van der Waals surface area contributed by atoms with E-state index >= 15 is 0 Å². The van der Waals surface area contributed by atoms with Crippen LogP contribution in [0.5, 0.6) is 0 Å². The van der Waals surface area contributed by atoms with E-state index < -0.39 is 23.5 Å². The molecule has 2 aromatic carbocycles. The van der Waals surface area contributed by atoms with Crippen LogP contribution in [-0.4, -0.2) is 32.8 Å². The average molecular weight is 351 g/mol. The SMILES string of the molecule is O=C(Cn1ncc2ccccc2c1=O)N[C@H](Cc1ccccc1)C(=O)O. The minimum absolute atomic E-state index is 0.155. The highest BCUT2D eigenvalue weighted by atomic mass is 16.4. The van der Waals surface area contributed by atoms with Gasteiger partial charge >= 0.3 is 5.97 Å². The van der Waals surface area contributed by atoms with E-state index in [4.69, 9.17) is 0 Å². The Hall–Kier alpha value is -3.48. The number of amides is 1. The summed E-state index contributed by atoms with van der Waals surface area (Å²) in [6.45, 7) is -0.345. The summed E-state index contributed by atoms with van der Waals surface area (Å²) in [5.74, 6) is -1.72. The van der Waals surface area contributed by atoms with Gasteiger partial charge in [-0.15, -0.1) is 0 Å². The third-order valence-corrected chi connectivity index (χ3v) is 3.97. The maximum Gasteiger partial charge on any atom is 0.326 e. The molecule has 0 unspecified atom stereocenters. The van der Waals surface area contributed by atoms with E-state index in [2.05, 4.69) is 10.4 Å². The van der Waals surface area contributed by atoms with Gasteiger partial charge in [-0.05, 0) is 11.6 Å². The number of carboxylic acids is 1. The number of aliphatic carboxylic acids is 1. The highest BCUT2D eigenvalue weighted by molar-refractivity contribution is 5.84. The van der Waals surface area contributed by atoms with Gasteiger partial charge in [-0.25, -0.2) is 9.48 Å². The summed E-state index contributed by atoms with van der Waals surface area (Å²) >= 11 is 0. The van der Waals surface area contributed by atoms with E-state index in [-0.39, 0.29) is 13.0 Å². The first-order valence-corrected chi connectivity index (χ1v) is 8.05. The van der Waals surface area contributed by atoms with E-state index in [1.54, 1.807) is 48.5 Å². The first-order chi connectivity index (χ1) is 12.5. The second kappa shape index (κ2) is 7.60. The number of nitrogens with one attached hydrogen (secondary N) is 1. The topological polar surface area (TPSA) is 101 Å². The summed E-state index contributed by atoms with van der Waals surface area (Å²) in [6, 6.07) is 14.9. The van der Waals surface area contributed by atoms with Crippen molar-refractivity contribution in [2.45, 2.75) is 19.0 Å². The fourth-order valence-electron chi connectivity index (χ4n) is 2.67. The Morgan fingerprint density at radius 1 is 1.08 bits per heavy atom. The molecule has 26 heavy (non-hydrogen) atoms. The Balaban J connectivity index is 1.74. The number of hydrogen-bond acceptors (Lipinski definition) is 4. The van der Waals surface area contributed by atoms with Crippen LogP contribution in [0.3, 0.4) is 0 Å². The van der Waals surface area contributed by atoms with Gasteiger partial charge in [0.05, 0.1) is 11.6 Å². The van der Waals surface area contributed by atoms with Crippen molar-refractivity contribution in [2.75, 3.05) is 0 Å². The standard InChI is InChI=1S/C19H17N3O4/c23-17(21-16(19(25)26)10-13-6-2-1-3-7-13)12-22-18(24)15-9-5-4-8-14(15)11-20-22/h1-9,11,16H,10,12H2,(H,21,23)(H,25,26)/t16-/m1/s1. The number of carbonyl (C=O) groups excluding carboxylic acids is 1. The zero-order valence-corrected chi connectivity index (χ0v) is 13.8. The molecule has 0 saturated heterocycles. The number of carboxylic acid groups (broad SMARTS) is 1. The van der Waals surface area contributed by atoms with Crippen LogP contribution in [0, 0.1) is 0 Å². The molecule has 0 aliphatic carbocycles. The van der Waals surface area contributed by atoms with Gasteiger partial charge in [0.15, 0.2) is 0 Å². The van der Waals surface area contributed by atoms with Gasteiger partial charge in [0.1, 0.15) is 12.6 Å². The summed E-state index contributed by atoms with van der Waals surface area (Å²) in [6.07, 6.45) is 1.66. The van der Waals surface area contributed by atoms with Crippen LogP contribution in [0.2, 0.25) is 0 Å². The molecule has 1 aromatic heterocycles. The molecule has 7 nitrogen and oxygen atoms in total. The van der Waals surface area contributed by atoms with Crippen LogP contribution in [0.1, 0.15) is 5.56 Å². The van der Waals surface area contributed by atoms with Crippen molar-refractivity contribution >= 4 is 22.6 Å². The zero-order valence-electron chi connectivity index (χ0n) is 13.8. The lowest BCUT2D eigenvalue weighted by Gasteiger charge is -2.15. The monoisotopic (exact) mass is 351 g/mol. The summed E-state index contributed by atoms with van der Waals surface area (Å²) in [5.41, 5.74) is 0.398. The first-order valence-electron chi connectivity index (χ1n) is 8.05. The first kappa shape index (κ1) is 17.3. The van der Waals surface area contributed by atoms with E-state index in [0.29, 0.717) is 10.8 Å². The third-order valence-electron chi connectivity index (χ3n) is 3.97. The molecule has 1 atom stereocenters. The Labute approximate surface area is 148 Å². The molecule has 2 N–H and O–H groups in total. The summed E-state index contributed by atoms with van der Waals surface area (Å²) < 4.78 is 1.03. The number of nitrogens with zero attached hydrogens (tertiary/aromatic N) is 2. The Bertz CT molecular complexity index is 998. The lowest BCUT2D eigenvalue weighted by molar-refractivity contribution is -0.141.